The minimum atomic E-state index is 0.0818. The maximum Gasteiger partial charge on any atom is 0.175 e. The zero-order valence-electron chi connectivity index (χ0n) is 8.13. The van der Waals surface area contributed by atoms with E-state index < -0.39 is 0 Å². The number of rotatable bonds is 0. The number of nitrogens with zero attached hydrogens (tertiary/aromatic N) is 1. The number of pyridine rings is 1. The fourth-order valence-electron chi connectivity index (χ4n) is 1.02. The molecule has 2 nitrogen and oxygen atoms in total. The highest BCUT2D eigenvalue weighted by Crippen LogP contribution is 2.13. The molecule has 66 valence electrons. The van der Waals surface area contributed by atoms with E-state index in [4.69, 9.17) is 0 Å². The largest absolute Gasteiger partial charge is 0.507 e. The second-order valence-corrected chi connectivity index (χ2v) is 4.09. The summed E-state index contributed by atoms with van der Waals surface area (Å²) in [5.41, 5.74) is 0.991. The minimum absolute atomic E-state index is 0.0818. The molecule has 1 aromatic heterocycles. The van der Waals surface area contributed by atoms with E-state index in [0.29, 0.717) is 5.75 Å². The quantitative estimate of drug-likeness (QED) is 0.583. The van der Waals surface area contributed by atoms with Gasteiger partial charge in [-0.15, -0.1) is 0 Å². The predicted molar refractivity (Wildman–Crippen MR) is 48.0 cm³/mol. The van der Waals surface area contributed by atoms with E-state index >= 15 is 0 Å². The van der Waals surface area contributed by atoms with Crippen LogP contribution in [0.5, 0.6) is 5.75 Å². The van der Waals surface area contributed by atoms with Crippen LogP contribution in [-0.4, -0.2) is 5.11 Å². The molecule has 1 aromatic rings. The number of hydrogen-bond acceptors (Lipinski definition) is 1. The van der Waals surface area contributed by atoms with Crippen molar-refractivity contribution < 1.29 is 9.67 Å². The lowest BCUT2D eigenvalue weighted by atomic mass is 10.1. The summed E-state index contributed by atoms with van der Waals surface area (Å²) >= 11 is 0. The SMILES string of the molecule is Cc1c[n+](C(C)(C)C)ccc1O. The summed E-state index contributed by atoms with van der Waals surface area (Å²) in [7, 11) is 0. The molecule has 0 aliphatic rings. The molecule has 0 amide bonds. The molecule has 0 fully saturated rings. The topological polar surface area (TPSA) is 24.1 Å². The molecule has 0 saturated heterocycles. The lowest BCUT2D eigenvalue weighted by Gasteiger charge is -2.13. The average molecular weight is 166 g/mol. The maximum atomic E-state index is 9.30. The molecule has 12 heavy (non-hydrogen) atoms. The van der Waals surface area contributed by atoms with Crippen LogP contribution < -0.4 is 4.57 Å². The van der Waals surface area contributed by atoms with Crippen molar-refractivity contribution in [3.8, 4) is 5.75 Å². The second kappa shape index (κ2) is 2.77. The third-order valence-corrected chi connectivity index (χ3v) is 1.90. The van der Waals surface area contributed by atoms with Crippen molar-refractivity contribution in [3.63, 3.8) is 0 Å². The van der Waals surface area contributed by atoms with E-state index in [-0.39, 0.29) is 5.54 Å². The van der Waals surface area contributed by atoms with Gasteiger partial charge in [-0.25, -0.2) is 4.57 Å². The summed E-state index contributed by atoms with van der Waals surface area (Å²) < 4.78 is 2.09. The zero-order chi connectivity index (χ0) is 9.35. The summed E-state index contributed by atoms with van der Waals surface area (Å²) in [6.07, 6.45) is 3.84. The van der Waals surface area contributed by atoms with Gasteiger partial charge in [0.15, 0.2) is 17.9 Å². The van der Waals surface area contributed by atoms with Crippen LogP contribution in [0.25, 0.3) is 0 Å². The van der Waals surface area contributed by atoms with Gasteiger partial charge < -0.3 is 5.11 Å². The third-order valence-electron chi connectivity index (χ3n) is 1.90. The molecular weight excluding hydrogens is 150 g/mol. The Balaban J connectivity index is 3.14. The third kappa shape index (κ3) is 1.76. The van der Waals surface area contributed by atoms with E-state index in [1.807, 2.05) is 19.3 Å². The first kappa shape index (κ1) is 9.04. The van der Waals surface area contributed by atoms with Crippen LogP contribution in [0.1, 0.15) is 26.3 Å². The fourth-order valence-corrected chi connectivity index (χ4v) is 1.02. The molecule has 1 heterocycles. The molecule has 0 unspecified atom stereocenters. The number of aromatic hydroxyl groups is 1. The highest BCUT2D eigenvalue weighted by Gasteiger charge is 2.21. The van der Waals surface area contributed by atoms with Crippen molar-refractivity contribution in [2.75, 3.05) is 0 Å². The lowest BCUT2D eigenvalue weighted by molar-refractivity contribution is -0.754. The fraction of sp³-hybridized carbons (Fsp3) is 0.500. The highest BCUT2D eigenvalue weighted by atomic mass is 16.3. The second-order valence-electron chi connectivity index (χ2n) is 4.09. The lowest BCUT2D eigenvalue weighted by Crippen LogP contribution is -2.49. The maximum absolute atomic E-state index is 9.30. The van der Waals surface area contributed by atoms with E-state index in [1.165, 1.54) is 0 Å². The first-order valence-electron chi connectivity index (χ1n) is 4.12. The number of aromatic nitrogens is 1. The number of hydrogen-bond donors (Lipinski definition) is 1. The van der Waals surface area contributed by atoms with Gasteiger partial charge in [0.05, 0.1) is 5.56 Å². The van der Waals surface area contributed by atoms with Gasteiger partial charge in [-0.3, -0.25) is 0 Å². The van der Waals surface area contributed by atoms with Crippen molar-refractivity contribution in [2.45, 2.75) is 33.2 Å². The van der Waals surface area contributed by atoms with Gasteiger partial charge in [0.1, 0.15) is 5.75 Å². The van der Waals surface area contributed by atoms with E-state index in [0.717, 1.165) is 5.56 Å². The molecular formula is C10H16NO+. The predicted octanol–water partition coefficient (Wildman–Crippen LogP) is 1.74. The standard InChI is InChI=1S/C10H15NO/c1-8-7-11(10(2,3)4)6-5-9(8)12/h5-7H,1-4H3/p+1. The molecule has 0 bridgehead atoms. The molecule has 1 rings (SSSR count). The van der Waals surface area contributed by atoms with Crippen LogP contribution in [0, 0.1) is 6.92 Å². The molecule has 0 aromatic carbocycles. The molecule has 0 radical (unpaired) electrons. The van der Waals surface area contributed by atoms with Crippen molar-refractivity contribution in [1.29, 1.82) is 0 Å². The van der Waals surface area contributed by atoms with Crippen molar-refractivity contribution in [1.82, 2.24) is 0 Å². The molecule has 0 spiro atoms. The molecule has 0 atom stereocenters. The van der Waals surface area contributed by atoms with Gasteiger partial charge in [-0.1, -0.05) is 0 Å². The van der Waals surface area contributed by atoms with Gasteiger partial charge >= 0.3 is 0 Å². The summed E-state index contributed by atoms with van der Waals surface area (Å²) in [6.45, 7) is 8.29. The van der Waals surface area contributed by atoms with Crippen molar-refractivity contribution in [2.24, 2.45) is 0 Å². The van der Waals surface area contributed by atoms with Gasteiger partial charge in [0, 0.05) is 26.8 Å². The molecule has 0 saturated carbocycles. The van der Waals surface area contributed by atoms with Crippen LogP contribution in [-0.2, 0) is 5.54 Å². The Morgan fingerprint density at radius 1 is 1.33 bits per heavy atom. The molecule has 0 aliphatic heterocycles. The summed E-state index contributed by atoms with van der Waals surface area (Å²) in [6, 6.07) is 1.72. The summed E-state index contributed by atoms with van der Waals surface area (Å²) in [5.74, 6) is 0.357. The first-order chi connectivity index (χ1) is 5.41. The van der Waals surface area contributed by atoms with Gasteiger partial charge in [-0.05, 0) is 6.92 Å². The Labute approximate surface area is 73.5 Å². The Bertz CT molecular complexity index is 286. The molecule has 1 N–H and O–H groups in total. The van der Waals surface area contributed by atoms with E-state index in [1.54, 1.807) is 6.07 Å². The van der Waals surface area contributed by atoms with E-state index in [9.17, 15) is 5.11 Å². The number of aryl methyl sites for hydroxylation is 1. The Morgan fingerprint density at radius 2 is 1.92 bits per heavy atom. The van der Waals surface area contributed by atoms with Gasteiger partial charge in [-0.2, -0.15) is 0 Å². The smallest absolute Gasteiger partial charge is 0.175 e. The van der Waals surface area contributed by atoms with Crippen LogP contribution in [0.2, 0.25) is 0 Å². The van der Waals surface area contributed by atoms with Crippen LogP contribution in [0.3, 0.4) is 0 Å². The van der Waals surface area contributed by atoms with Crippen molar-refractivity contribution in [3.05, 3.63) is 24.0 Å². The molecule has 0 aliphatic carbocycles. The summed E-state index contributed by atoms with van der Waals surface area (Å²) in [5, 5.41) is 9.30. The Morgan fingerprint density at radius 3 is 2.33 bits per heavy atom. The first-order valence-corrected chi connectivity index (χ1v) is 4.12. The van der Waals surface area contributed by atoms with Gasteiger partial charge in [0.2, 0.25) is 0 Å². The Kier molecular flexibility index (Phi) is 2.09. The van der Waals surface area contributed by atoms with E-state index in [2.05, 4.69) is 25.3 Å². The molecule has 2 heteroatoms. The van der Waals surface area contributed by atoms with Crippen LogP contribution in [0.15, 0.2) is 18.5 Å². The monoisotopic (exact) mass is 166 g/mol. The van der Waals surface area contributed by atoms with Gasteiger partial charge in [0.25, 0.3) is 0 Å². The summed E-state index contributed by atoms with van der Waals surface area (Å²) in [4.78, 5) is 0. The highest BCUT2D eigenvalue weighted by molar-refractivity contribution is 5.24. The normalized spacial score (nSPS) is 11.7. The van der Waals surface area contributed by atoms with Crippen molar-refractivity contribution >= 4 is 0 Å². The van der Waals surface area contributed by atoms with Crippen LogP contribution >= 0.6 is 0 Å². The average Bonchev–Trinajstić information content (AvgIpc) is 1.92. The zero-order valence-corrected chi connectivity index (χ0v) is 8.13. The van der Waals surface area contributed by atoms with Crippen LogP contribution in [0.4, 0.5) is 0 Å². The Hall–Kier alpha value is -1.05. The minimum Gasteiger partial charge on any atom is -0.507 e.